The van der Waals surface area contributed by atoms with Gasteiger partial charge in [0.15, 0.2) is 0 Å². The van der Waals surface area contributed by atoms with Crippen LogP contribution in [0, 0.1) is 0 Å². The molecular formula is C19H15NO4. The number of hydroxylamine groups is 1. The van der Waals surface area contributed by atoms with Gasteiger partial charge in [0.05, 0.1) is 11.1 Å². The van der Waals surface area contributed by atoms with Crippen molar-refractivity contribution >= 4 is 22.6 Å². The van der Waals surface area contributed by atoms with Crippen molar-refractivity contribution in [2.75, 3.05) is 0 Å². The summed E-state index contributed by atoms with van der Waals surface area (Å²) in [7, 11) is 0. The van der Waals surface area contributed by atoms with E-state index in [2.05, 4.69) is 5.48 Å². The van der Waals surface area contributed by atoms with Gasteiger partial charge in [-0.3, -0.25) is 9.63 Å². The fourth-order valence-corrected chi connectivity index (χ4v) is 2.52. The van der Waals surface area contributed by atoms with Gasteiger partial charge in [0.1, 0.15) is 6.61 Å². The number of aromatic carboxylic acids is 1. The molecule has 0 aliphatic carbocycles. The summed E-state index contributed by atoms with van der Waals surface area (Å²) < 4.78 is 0. The molecule has 0 unspecified atom stereocenters. The molecule has 0 fully saturated rings. The highest BCUT2D eigenvalue weighted by Crippen LogP contribution is 2.19. The Bertz CT molecular complexity index is 899. The third kappa shape index (κ3) is 3.26. The normalized spacial score (nSPS) is 10.5. The maximum Gasteiger partial charge on any atom is 0.336 e. The van der Waals surface area contributed by atoms with Crippen LogP contribution in [0.15, 0.2) is 66.7 Å². The second-order valence-electron chi connectivity index (χ2n) is 5.21. The summed E-state index contributed by atoms with van der Waals surface area (Å²) in [6, 6.07) is 19.7. The van der Waals surface area contributed by atoms with E-state index in [9.17, 15) is 9.59 Å². The van der Waals surface area contributed by atoms with Gasteiger partial charge in [-0.15, -0.1) is 0 Å². The molecule has 0 bridgehead atoms. The van der Waals surface area contributed by atoms with Gasteiger partial charge in [-0.05, 0) is 28.5 Å². The van der Waals surface area contributed by atoms with Crippen LogP contribution in [0.2, 0.25) is 0 Å². The Labute approximate surface area is 138 Å². The first-order chi connectivity index (χ1) is 11.7. The number of fused-ring (bicyclic) bond motifs is 1. The molecule has 0 heterocycles. The van der Waals surface area contributed by atoms with E-state index in [1.807, 2.05) is 42.5 Å². The van der Waals surface area contributed by atoms with Gasteiger partial charge in [-0.2, -0.15) is 0 Å². The largest absolute Gasteiger partial charge is 0.478 e. The zero-order valence-electron chi connectivity index (χ0n) is 12.7. The molecule has 0 spiro atoms. The molecule has 0 atom stereocenters. The van der Waals surface area contributed by atoms with Gasteiger partial charge < -0.3 is 5.11 Å². The number of carboxylic acid groups (broad SMARTS) is 1. The molecule has 120 valence electrons. The van der Waals surface area contributed by atoms with Crippen LogP contribution in [-0.2, 0) is 11.4 Å². The van der Waals surface area contributed by atoms with Crippen LogP contribution in [0.1, 0.15) is 26.3 Å². The minimum absolute atomic E-state index is 0.0583. The quantitative estimate of drug-likeness (QED) is 0.706. The van der Waals surface area contributed by atoms with Crippen molar-refractivity contribution in [2.24, 2.45) is 0 Å². The third-order valence-corrected chi connectivity index (χ3v) is 3.67. The van der Waals surface area contributed by atoms with Gasteiger partial charge in [0.2, 0.25) is 0 Å². The molecule has 5 nitrogen and oxygen atoms in total. The second kappa shape index (κ2) is 6.93. The van der Waals surface area contributed by atoms with E-state index in [1.165, 1.54) is 12.1 Å². The zero-order valence-corrected chi connectivity index (χ0v) is 12.7. The van der Waals surface area contributed by atoms with E-state index >= 15 is 0 Å². The maximum absolute atomic E-state index is 12.1. The summed E-state index contributed by atoms with van der Waals surface area (Å²) in [4.78, 5) is 28.6. The molecular weight excluding hydrogens is 306 g/mol. The lowest BCUT2D eigenvalue weighted by Gasteiger charge is -2.09. The lowest BCUT2D eigenvalue weighted by Crippen LogP contribution is -2.25. The molecule has 24 heavy (non-hydrogen) atoms. The van der Waals surface area contributed by atoms with E-state index in [1.54, 1.807) is 12.1 Å². The Balaban J connectivity index is 1.70. The number of amides is 1. The summed E-state index contributed by atoms with van der Waals surface area (Å²) in [5.74, 6) is -1.75. The molecule has 0 radical (unpaired) electrons. The zero-order chi connectivity index (χ0) is 16.9. The average molecular weight is 321 g/mol. The van der Waals surface area contributed by atoms with E-state index in [0.717, 1.165) is 16.3 Å². The van der Waals surface area contributed by atoms with Crippen molar-refractivity contribution in [3.63, 3.8) is 0 Å². The van der Waals surface area contributed by atoms with Crippen molar-refractivity contribution in [1.82, 2.24) is 5.48 Å². The van der Waals surface area contributed by atoms with Gasteiger partial charge in [-0.1, -0.05) is 54.6 Å². The lowest BCUT2D eigenvalue weighted by molar-refractivity contribution is 0.0235. The van der Waals surface area contributed by atoms with Crippen LogP contribution in [0.5, 0.6) is 0 Å². The lowest BCUT2D eigenvalue weighted by atomic mass is 10.1. The molecule has 0 aliphatic heterocycles. The Morgan fingerprint density at radius 2 is 1.54 bits per heavy atom. The van der Waals surface area contributed by atoms with Crippen molar-refractivity contribution in [3.05, 3.63) is 83.4 Å². The number of nitrogens with one attached hydrogen (secondary N) is 1. The molecule has 5 heteroatoms. The fraction of sp³-hybridized carbons (Fsp3) is 0.0526. The third-order valence-electron chi connectivity index (χ3n) is 3.67. The number of hydrogen-bond donors (Lipinski definition) is 2. The molecule has 2 N–H and O–H groups in total. The van der Waals surface area contributed by atoms with Crippen LogP contribution < -0.4 is 5.48 Å². The summed E-state index contributed by atoms with van der Waals surface area (Å²) in [5.41, 5.74) is 3.23. The van der Waals surface area contributed by atoms with E-state index < -0.39 is 11.9 Å². The van der Waals surface area contributed by atoms with Crippen LogP contribution in [0.25, 0.3) is 10.8 Å². The first kappa shape index (κ1) is 15.7. The Hall–Kier alpha value is -3.18. The minimum Gasteiger partial charge on any atom is -0.478 e. The molecule has 0 saturated heterocycles. The number of rotatable bonds is 5. The number of hydrogen-bond acceptors (Lipinski definition) is 3. The highest BCUT2D eigenvalue weighted by molar-refractivity contribution is 6.04. The summed E-state index contributed by atoms with van der Waals surface area (Å²) in [5, 5.41) is 11.2. The van der Waals surface area contributed by atoms with Crippen LogP contribution >= 0.6 is 0 Å². The molecule has 0 saturated carbocycles. The SMILES string of the molecule is O=C(O)c1ccccc1C(=O)NOCc1cccc2ccccc12. The second-order valence-corrected chi connectivity index (χ2v) is 5.21. The van der Waals surface area contributed by atoms with Crippen molar-refractivity contribution in [1.29, 1.82) is 0 Å². The highest BCUT2D eigenvalue weighted by Gasteiger charge is 2.15. The van der Waals surface area contributed by atoms with Crippen LogP contribution in [0.3, 0.4) is 0 Å². The fourth-order valence-electron chi connectivity index (χ4n) is 2.52. The van der Waals surface area contributed by atoms with Gasteiger partial charge in [0.25, 0.3) is 5.91 Å². The molecule has 0 aliphatic rings. The van der Waals surface area contributed by atoms with Crippen molar-refractivity contribution < 1.29 is 19.5 Å². The molecule has 0 aromatic heterocycles. The minimum atomic E-state index is -1.16. The predicted octanol–water partition coefficient (Wildman–Crippen LogP) is 3.40. The van der Waals surface area contributed by atoms with Crippen molar-refractivity contribution in [2.45, 2.75) is 6.61 Å². The Kier molecular flexibility index (Phi) is 4.54. The van der Waals surface area contributed by atoms with E-state index in [4.69, 9.17) is 9.94 Å². The van der Waals surface area contributed by atoms with Crippen molar-refractivity contribution in [3.8, 4) is 0 Å². The van der Waals surface area contributed by atoms with E-state index in [0.29, 0.717) is 0 Å². The molecule has 1 amide bonds. The Morgan fingerprint density at radius 3 is 2.33 bits per heavy atom. The van der Waals surface area contributed by atoms with Crippen LogP contribution in [0.4, 0.5) is 0 Å². The van der Waals surface area contributed by atoms with Gasteiger partial charge >= 0.3 is 5.97 Å². The standard InChI is InChI=1S/C19H15NO4/c21-18(16-10-3-4-11-17(16)19(22)23)20-24-12-14-8-5-7-13-6-1-2-9-15(13)14/h1-11H,12H2,(H,20,21)(H,22,23). The summed E-state index contributed by atoms with van der Waals surface area (Å²) in [6.07, 6.45) is 0. The van der Waals surface area contributed by atoms with Gasteiger partial charge in [0, 0.05) is 0 Å². The number of benzene rings is 3. The Morgan fingerprint density at radius 1 is 0.875 bits per heavy atom. The number of carbonyl (C=O) groups excluding carboxylic acids is 1. The highest BCUT2D eigenvalue weighted by atomic mass is 16.6. The summed E-state index contributed by atoms with van der Waals surface area (Å²) in [6.45, 7) is 0.183. The molecule has 3 aromatic rings. The average Bonchev–Trinajstić information content (AvgIpc) is 2.61. The van der Waals surface area contributed by atoms with Crippen LogP contribution in [-0.4, -0.2) is 17.0 Å². The first-order valence-corrected chi connectivity index (χ1v) is 7.38. The first-order valence-electron chi connectivity index (χ1n) is 7.38. The maximum atomic E-state index is 12.1. The number of carboxylic acids is 1. The van der Waals surface area contributed by atoms with Gasteiger partial charge in [-0.25, -0.2) is 10.3 Å². The monoisotopic (exact) mass is 321 g/mol. The predicted molar refractivity (Wildman–Crippen MR) is 89.6 cm³/mol. The summed E-state index contributed by atoms with van der Waals surface area (Å²) >= 11 is 0. The number of carbonyl (C=O) groups is 2. The topological polar surface area (TPSA) is 75.6 Å². The van der Waals surface area contributed by atoms with E-state index in [-0.39, 0.29) is 17.7 Å². The molecule has 3 rings (SSSR count). The smallest absolute Gasteiger partial charge is 0.336 e. The molecule has 3 aromatic carbocycles.